The molecule has 0 saturated carbocycles. The van der Waals surface area contributed by atoms with Crippen molar-refractivity contribution in [1.82, 2.24) is 4.98 Å². The summed E-state index contributed by atoms with van der Waals surface area (Å²) in [6.07, 6.45) is 1.49. The summed E-state index contributed by atoms with van der Waals surface area (Å²) in [5.41, 5.74) is 0.859. The van der Waals surface area contributed by atoms with Crippen LogP contribution in [0.1, 0.15) is 10.4 Å². The van der Waals surface area contributed by atoms with Crippen molar-refractivity contribution >= 4 is 40.1 Å². The van der Waals surface area contributed by atoms with E-state index in [9.17, 15) is 9.90 Å². The number of hydrogen-bond acceptors (Lipinski definition) is 3. The molecular weight excluding hydrogens is 301 g/mol. The minimum Gasteiger partial charge on any atom is -0.478 e. The molecule has 3 aromatic rings. The molecule has 0 fully saturated rings. The van der Waals surface area contributed by atoms with Crippen LogP contribution in [-0.2, 0) is 0 Å². The molecule has 0 amide bonds. The van der Waals surface area contributed by atoms with Gasteiger partial charge in [-0.1, -0.05) is 23.2 Å². The molecule has 6 heteroatoms. The van der Waals surface area contributed by atoms with Gasteiger partial charge in [0.25, 0.3) is 0 Å². The number of carboxylic acids is 1. The van der Waals surface area contributed by atoms with Gasteiger partial charge in [0, 0.05) is 10.4 Å². The Morgan fingerprint density at radius 2 is 2.05 bits per heavy atom. The van der Waals surface area contributed by atoms with Gasteiger partial charge in [0.15, 0.2) is 5.76 Å². The first-order valence-corrected chi connectivity index (χ1v) is 6.39. The Balaban J connectivity index is 2.40. The second-order valence-corrected chi connectivity index (χ2v) is 4.96. The minimum atomic E-state index is -1.08. The summed E-state index contributed by atoms with van der Waals surface area (Å²) < 4.78 is 5.24. The maximum Gasteiger partial charge on any atom is 0.336 e. The minimum absolute atomic E-state index is 0.0748. The van der Waals surface area contributed by atoms with Gasteiger partial charge in [-0.05, 0) is 30.3 Å². The molecule has 0 bridgehead atoms. The third-order valence-electron chi connectivity index (χ3n) is 2.84. The Morgan fingerprint density at radius 1 is 1.25 bits per heavy atom. The summed E-state index contributed by atoms with van der Waals surface area (Å²) in [4.78, 5) is 15.8. The highest BCUT2D eigenvalue weighted by molar-refractivity contribution is 6.38. The molecule has 20 heavy (non-hydrogen) atoms. The lowest BCUT2D eigenvalue weighted by Gasteiger charge is -2.07. The molecule has 2 heterocycles. The number of furan rings is 1. The number of carboxylic acid groups (broad SMARTS) is 1. The second kappa shape index (κ2) is 4.81. The fourth-order valence-corrected chi connectivity index (χ4v) is 2.52. The Morgan fingerprint density at radius 3 is 2.70 bits per heavy atom. The number of nitrogens with zero attached hydrogens (tertiary/aromatic N) is 1. The van der Waals surface area contributed by atoms with Crippen molar-refractivity contribution in [3.8, 4) is 11.5 Å². The largest absolute Gasteiger partial charge is 0.478 e. The van der Waals surface area contributed by atoms with Gasteiger partial charge in [0.1, 0.15) is 5.69 Å². The van der Waals surface area contributed by atoms with Crippen molar-refractivity contribution in [3.05, 3.63) is 52.2 Å². The SMILES string of the molecule is O=C(O)c1cc(-c2ccco2)nc2c(Cl)cc(Cl)cc12. The summed E-state index contributed by atoms with van der Waals surface area (Å²) in [7, 11) is 0. The maximum absolute atomic E-state index is 11.4. The van der Waals surface area contributed by atoms with Crippen molar-refractivity contribution in [2.24, 2.45) is 0 Å². The number of pyridine rings is 1. The van der Waals surface area contributed by atoms with E-state index in [0.29, 0.717) is 32.4 Å². The van der Waals surface area contributed by atoms with Crippen molar-refractivity contribution in [2.75, 3.05) is 0 Å². The van der Waals surface area contributed by atoms with Crippen molar-refractivity contribution in [1.29, 1.82) is 0 Å². The molecule has 0 atom stereocenters. The number of carbonyl (C=O) groups is 1. The van der Waals surface area contributed by atoms with Crippen LogP contribution in [0.2, 0.25) is 10.0 Å². The number of benzene rings is 1. The zero-order valence-electron chi connectivity index (χ0n) is 9.93. The van der Waals surface area contributed by atoms with Crippen molar-refractivity contribution in [3.63, 3.8) is 0 Å². The van der Waals surface area contributed by atoms with Crippen LogP contribution in [0, 0.1) is 0 Å². The topological polar surface area (TPSA) is 63.3 Å². The number of fused-ring (bicyclic) bond motifs is 1. The van der Waals surface area contributed by atoms with E-state index in [1.54, 1.807) is 12.1 Å². The molecule has 1 aromatic carbocycles. The quantitative estimate of drug-likeness (QED) is 0.757. The van der Waals surface area contributed by atoms with Crippen LogP contribution in [-0.4, -0.2) is 16.1 Å². The van der Waals surface area contributed by atoms with E-state index < -0.39 is 5.97 Å². The Bertz CT molecular complexity index is 813. The molecule has 0 aliphatic rings. The van der Waals surface area contributed by atoms with Gasteiger partial charge >= 0.3 is 5.97 Å². The number of rotatable bonds is 2. The first kappa shape index (κ1) is 13.0. The number of aromatic nitrogens is 1. The molecule has 0 unspecified atom stereocenters. The molecule has 0 aliphatic carbocycles. The van der Waals surface area contributed by atoms with Crippen LogP contribution in [0.25, 0.3) is 22.4 Å². The van der Waals surface area contributed by atoms with E-state index in [2.05, 4.69) is 4.98 Å². The Hall–Kier alpha value is -2.04. The van der Waals surface area contributed by atoms with Crippen LogP contribution in [0.3, 0.4) is 0 Å². The standard InChI is InChI=1S/C14H7Cl2NO3/c15-7-4-8-9(14(18)19)6-11(12-2-1-3-20-12)17-13(8)10(16)5-7/h1-6H,(H,18,19). The second-order valence-electron chi connectivity index (χ2n) is 4.12. The predicted molar refractivity (Wildman–Crippen MR) is 76.4 cm³/mol. The monoisotopic (exact) mass is 307 g/mol. The number of aromatic carboxylic acids is 1. The van der Waals surface area contributed by atoms with Crippen LogP contribution in [0.15, 0.2) is 41.0 Å². The molecule has 0 aliphatic heterocycles. The number of halogens is 2. The van der Waals surface area contributed by atoms with Gasteiger partial charge in [-0.25, -0.2) is 9.78 Å². The third kappa shape index (κ3) is 2.13. The zero-order chi connectivity index (χ0) is 14.3. The first-order valence-electron chi connectivity index (χ1n) is 5.63. The van der Waals surface area contributed by atoms with Crippen LogP contribution < -0.4 is 0 Å². The summed E-state index contributed by atoms with van der Waals surface area (Å²) in [5, 5.41) is 10.4. The molecular formula is C14H7Cl2NO3. The fraction of sp³-hybridized carbons (Fsp3) is 0. The lowest BCUT2D eigenvalue weighted by atomic mass is 10.1. The van der Waals surface area contributed by atoms with Crippen LogP contribution in [0.4, 0.5) is 0 Å². The van der Waals surface area contributed by atoms with E-state index in [1.165, 1.54) is 24.5 Å². The molecule has 0 spiro atoms. The van der Waals surface area contributed by atoms with Crippen LogP contribution in [0.5, 0.6) is 0 Å². The lowest BCUT2D eigenvalue weighted by molar-refractivity contribution is 0.0699. The molecule has 0 saturated heterocycles. The highest BCUT2D eigenvalue weighted by Gasteiger charge is 2.16. The van der Waals surface area contributed by atoms with E-state index in [-0.39, 0.29) is 5.56 Å². The van der Waals surface area contributed by atoms with E-state index in [0.717, 1.165) is 0 Å². The molecule has 3 rings (SSSR count). The average Bonchev–Trinajstić information content (AvgIpc) is 2.91. The molecule has 0 radical (unpaired) electrons. The lowest BCUT2D eigenvalue weighted by Crippen LogP contribution is -2.00. The van der Waals surface area contributed by atoms with E-state index >= 15 is 0 Å². The van der Waals surface area contributed by atoms with E-state index in [1.807, 2.05) is 0 Å². The van der Waals surface area contributed by atoms with E-state index in [4.69, 9.17) is 27.6 Å². The van der Waals surface area contributed by atoms with Gasteiger partial charge in [-0.2, -0.15) is 0 Å². The van der Waals surface area contributed by atoms with Gasteiger partial charge < -0.3 is 9.52 Å². The Kier molecular flexibility index (Phi) is 3.12. The molecule has 100 valence electrons. The third-order valence-corrected chi connectivity index (χ3v) is 3.34. The smallest absolute Gasteiger partial charge is 0.336 e. The highest BCUT2D eigenvalue weighted by atomic mass is 35.5. The van der Waals surface area contributed by atoms with Crippen LogP contribution >= 0.6 is 23.2 Å². The van der Waals surface area contributed by atoms with Gasteiger partial charge in [0.2, 0.25) is 0 Å². The predicted octanol–water partition coefficient (Wildman–Crippen LogP) is 4.50. The molecule has 4 nitrogen and oxygen atoms in total. The summed E-state index contributed by atoms with van der Waals surface area (Å²) >= 11 is 12.0. The molecule has 2 aromatic heterocycles. The summed E-state index contributed by atoms with van der Waals surface area (Å²) in [5.74, 6) is -0.607. The van der Waals surface area contributed by atoms with Crippen molar-refractivity contribution < 1.29 is 14.3 Å². The average molecular weight is 308 g/mol. The van der Waals surface area contributed by atoms with Gasteiger partial charge in [0.05, 0.1) is 22.4 Å². The number of hydrogen-bond donors (Lipinski definition) is 1. The van der Waals surface area contributed by atoms with Gasteiger partial charge in [-0.15, -0.1) is 0 Å². The summed E-state index contributed by atoms with van der Waals surface area (Å²) in [6, 6.07) is 7.89. The fourth-order valence-electron chi connectivity index (χ4n) is 1.98. The van der Waals surface area contributed by atoms with Gasteiger partial charge in [-0.3, -0.25) is 0 Å². The highest BCUT2D eigenvalue weighted by Crippen LogP contribution is 2.32. The first-order chi connectivity index (χ1) is 9.56. The molecule has 1 N–H and O–H groups in total. The van der Waals surface area contributed by atoms with Crippen molar-refractivity contribution in [2.45, 2.75) is 0 Å². The normalized spacial score (nSPS) is 10.9. The maximum atomic E-state index is 11.4. The summed E-state index contributed by atoms with van der Waals surface area (Å²) in [6.45, 7) is 0. The Labute approximate surface area is 123 Å². The zero-order valence-corrected chi connectivity index (χ0v) is 11.4.